The first-order chi connectivity index (χ1) is 7.25. The molecule has 1 aliphatic heterocycles. The molecule has 2 heterocycles. The van der Waals surface area contributed by atoms with Crippen molar-refractivity contribution in [3.8, 4) is 0 Å². The van der Waals surface area contributed by atoms with E-state index in [0.717, 1.165) is 5.69 Å². The second kappa shape index (κ2) is 4.59. The summed E-state index contributed by atoms with van der Waals surface area (Å²) in [5.41, 5.74) is 0.906. The standard InChI is InChI=1S/C9H9N3OS2/c13-8-7(15-9(14)12-8)5-11-6-2-1-3-10-4-6/h1-4,7,11H,5H2,(H,12,13,14). The lowest BCUT2D eigenvalue weighted by atomic mass is 10.3. The molecule has 0 radical (unpaired) electrons. The third-order valence-corrected chi connectivity index (χ3v) is 3.29. The van der Waals surface area contributed by atoms with Gasteiger partial charge in [0.25, 0.3) is 0 Å². The van der Waals surface area contributed by atoms with Crippen molar-refractivity contribution in [1.82, 2.24) is 10.3 Å². The van der Waals surface area contributed by atoms with Gasteiger partial charge in [-0.3, -0.25) is 9.78 Å². The zero-order chi connectivity index (χ0) is 10.7. The Morgan fingerprint density at radius 1 is 1.67 bits per heavy atom. The highest BCUT2D eigenvalue weighted by Gasteiger charge is 2.28. The molecule has 0 bridgehead atoms. The number of anilines is 1. The monoisotopic (exact) mass is 239 g/mol. The Labute approximate surface area is 96.8 Å². The van der Waals surface area contributed by atoms with Crippen LogP contribution in [0.3, 0.4) is 0 Å². The third-order valence-electron chi connectivity index (χ3n) is 1.92. The fraction of sp³-hybridized carbons (Fsp3) is 0.222. The number of hydrogen-bond donors (Lipinski definition) is 2. The molecular weight excluding hydrogens is 230 g/mol. The minimum absolute atomic E-state index is 0.0265. The van der Waals surface area contributed by atoms with E-state index < -0.39 is 0 Å². The van der Waals surface area contributed by atoms with Gasteiger partial charge in [-0.1, -0.05) is 24.0 Å². The topological polar surface area (TPSA) is 54.0 Å². The number of pyridine rings is 1. The molecule has 0 saturated carbocycles. The first-order valence-electron chi connectivity index (χ1n) is 4.41. The minimum Gasteiger partial charge on any atom is -0.382 e. The maximum absolute atomic E-state index is 11.3. The zero-order valence-corrected chi connectivity index (χ0v) is 9.40. The first-order valence-corrected chi connectivity index (χ1v) is 5.70. The largest absolute Gasteiger partial charge is 0.382 e. The number of carbonyl (C=O) groups excluding carboxylic acids is 1. The van der Waals surface area contributed by atoms with Crippen molar-refractivity contribution < 1.29 is 4.79 Å². The quantitative estimate of drug-likeness (QED) is 0.771. The van der Waals surface area contributed by atoms with Crippen LogP contribution in [0, 0.1) is 0 Å². The van der Waals surface area contributed by atoms with Gasteiger partial charge in [0.1, 0.15) is 9.57 Å². The van der Waals surface area contributed by atoms with Crippen molar-refractivity contribution in [3.63, 3.8) is 0 Å². The molecular formula is C9H9N3OS2. The van der Waals surface area contributed by atoms with Crippen LogP contribution in [0.4, 0.5) is 5.69 Å². The first kappa shape index (κ1) is 10.4. The molecule has 6 heteroatoms. The van der Waals surface area contributed by atoms with Gasteiger partial charge in [-0.05, 0) is 12.1 Å². The van der Waals surface area contributed by atoms with Gasteiger partial charge in [-0.15, -0.1) is 0 Å². The molecule has 78 valence electrons. The fourth-order valence-corrected chi connectivity index (χ4v) is 2.41. The second-order valence-corrected chi connectivity index (χ2v) is 4.89. The van der Waals surface area contributed by atoms with Crippen LogP contribution >= 0.6 is 24.0 Å². The van der Waals surface area contributed by atoms with Crippen molar-refractivity contribution in [2.24, 2.45) is 0 Å². The number of nitrogens with one attached hydrogen (secondary N) is 2. The highest BCUT2D eigenvalue weighted by molar-refractivity contribution is 8.24. The van der Waals surface area contributed by atoms with E-state index in [9.17, 15) is 4.79 Å². The van der Waals surface area contributed by atoms with Gasteiger partial charge in [0, 0.05) is 18.9 Å². The van der Waals surface area contributed by atoms with Gasteiger partial charge in [0.2, 0.25) is 5.91 Å². The molecule has 0 spiro atoms. The van der Waals surface area contributed by atoms with Gasteiger partial charge < -0.3 is 10.6 Å². The average molecular weight is 239 g/mol. The van der Waals surface area contributed by atoms with Gasteiger partial charge in [0.05, 0.1) is 5.69 Å². The van der Waals surface area contributed by atoms with E-state index in [1.165, 1.54) is 11.8 Å². The zero-order valence-electron chi connectivity index (χ0n) is 7.77. The molecule has 4 nitrogen and oxygen atoms in total. The van der Waals surface area contributed by atoms with Crippen molar-refractivity contribution in [2.75, 3.05) is 11.9 Å². The van der Waals surface area contributed by atoms with E-state index in [-0.39, 0.29) is 11.2 Å². The van der Waals surface area contributed by atoms with E-state index in [1.807, 2.05) is 12.1 Å². The summed E-state index contributed by atoms with van der Waals surface area (Å²) < 4.78 is 0.554. The minimum atomic E-state index is -0.141. The Bertz CT molecular complexity index is 382. The van der Waals surface area contributed by atoms with Crippen molar-refractivity contribution in [3.05, 3.63) is 24.5 Å². The molecule has 2 N–H and O–H groups in total. The normalized spacial score (nSPS) is 20.1. The van der Waals surface area contributed by atoms with E-state index >= 15 is 0 Å². The van der Waals surface area contributed by atoms with E-state index in [4.69, 9.17) is 12.2 Å². The highest BCUT2D eigenvalue weighted by atomic mass is 32.2. The molecule has 1 atom stereocenters. The number of thioether (sulfide) groups is 1. The molecule has 15 heavy (non-hydrogen) atoms. The summed E-state index contributed by atoms with van der Waals surface area (Å²) in [5.74, 6) is -0.0265. The van der Waals surface area contributed by atoms with Crippen LogP contribution in [0.5, 0.6) is 0 Å². The lowest BCUT2D eigenvalue weighted by molar-refractivity contribution is -0.118. The predicted molar refractivity (Wildman–Crippen MR) is 64.8 cm³/mol. The number of nitrogens with zero attached hydrogens (tertiary/aromatic N) is 1. The summed E-state index contributed by atoms with van der Waals surface area (Å²) in [4.78, 5) is 15.3. The van der Waals surface area contributed by atoms with Crippen LogP contribution in [-0.2, 0) is 4.79 Å². The smallest absolute Gasteiger partial charge is 0.240 e. The SMILES string of the molecule is O=C1NC(=S)SC1CNc1cccnc1. The Hall–Kier alpha value is -1.14. The molecule has 1 aliphatic rings. The number of amides is 1. The summed E-state index contributed by atoms with van der Waals surface area (Å²) in [6, 6.07) is 3.75. The van der Waals surface area contributed by atoms with Crippen LogP contribution in [0.15, 0.2) is 24.5 Å². The molecule has 2 rings (SSSR count). The van der Waals surface area contributed by atoms with E-state index in [2.05, 4.69) is 15.6 Å². The van der Waals surface area contributed by atoms with Crippen LogP contribution in [0.2, 0.25) is 0 Å². The molecule has 0 aliphatic carbocycles. The van der Waals surface area contributed by atoms with Gasteiger partial charge >= 0.3 is 0 Å². The molecule has 0 aromatic carbocycles. The Morgan fingerprint density at radius 3 is 3.13 bits per heavy atom. The lowest BCUT2D eigenvalue weighted by Gasteiger charge is -2.08. The fourth-order valence-electron chi connectivity index (χ4n) is 1.21. The van der Waals surface area contributed by atoms with E-state index in [1.54, 1.807) is 12.4 Å². The van der Waals surface area contributed by atoms with Crippen LogP contribution in [-0.4, -0.2) is 27.0 Å². The van der Waals surface area contributed by atoms with Gasteiger partial charge in [0.15, 0.2) is 0 Å². The second-order valence-electron chi connectivity index (χ2n) is 3.01. The Balaban J connectivity index is 1.89. The summed E-state index contributed by atoms with van der Waals surface area (Å²) >= 11 is 6.28. The molecule has 1 aromatic rings. The van der Waals surface area contributed by atoms with Crippen LogP contribution in [0.1, 0.15) is 0 Å². The number of rotatable bonds is 3. The third kappa shape index (κ3) is 2.66. The lowest BCUT2D eigenvalue weighted by Crippen LogP contribution is -2.28. The molecule has 1 unspecified atom stereocenters. The number of thiocarbonyl (C=S) groups is 1. The van der Waals surface area contributed by atoms with E-state index in [0.29, 0.717) is 10.9 Å². The number of aromatic nitrogens is 1. The summed E-state index contributed by atoms with van der Waals surface area (Å²) in [6.45, 7) is 0.558. The number of carbonyl (C=O) groups is 1. The molecule has 1 fully saturated rings. The maximum atomic E-state index is 11.3. The van der Waals surface area contributed by atoms with Crippen molar-refractivity contribution in [1.29, 1.82) is 0 Å². The van der Waals surface area contributed by atoms with Crippen molar-refractivity contribution >= 4 is 39.9 Å². The maximum Gasteiger partial charge on any atom is 0.240 e. The molecule has 1 saturated heterocycles. The highest BCUT2D eigenvalue weighted by Crippen LogP contribution is 2.19. The van der Waals surface area contributed by atoms with Gasteiger partial charge in [-0.25, -0.2) is 0 Å². The molecule has 1 amide bonds. The summed E-state index contributed by atoms with van der Waals surface area (Å²) in [6.07, 6.45) is 3.42. The predicted octanol–water partition coefficient (Wildman–Crippen LogP) is 1.01. The van der Waals surface area contributed by atoms with Crippen LogP contribution in [0.25, 0.3) is 0 Å². The van der Waals surface area contributed by atoms with Crippen LogP contribution < -0.4 is 10.6 Å². The van der Waals surface area contributed by atoms with Gasteiger partial charge in [-0.2, -0.15) is 0 Å². The summed E-state index contributed by atoms with van der Waals surface area (Å²) in [7, 11) is 0. The Morgan fingerprint density at radius 2 is 2.53 bits per heavy atom. The Kier molecular flexibility index (Phi) is 3.17. The summed E-state index contributed by atoms with van der Waals surface area (Å²) in [5, 5.41) is 5.60. The average Bonchev–Trinajstić information content (AvgIpc) is 2.56. The molecule has 1 aromatic heterocycles. The van der Waals surface area contributed by atoms with Crippen molar-refractivity contribution in [2.45, 2.75) is 5.25 Å². The number of hydrogen-bond acceptors (Lipinski definition) is 5.